The van der Waals surface area contributed by atoms with Gasteiger partial charge in [-0.2, -0.15) is 0 Å². The predicted octanol–water partition coefficient (Wildman–Crippen LogP) is 2.77. The van der Waals surface area contributed by atoms with Gasteiger partial charge in [0.1, 0.15) is 5.69 Å². The van der Waals surface area contributed by atoms with E-state index in [0.717, 1.165) is 11.3 Å². The minimum absolute atomic E-state index is 0.00249. The average Bonchev–Trinajstić information content (AvgIpc) is 3.42. The number of fused-ring (bicyclic) bond motifs is 2. The number of carbonyl (C=O) groups is 2. The van der Waals surface area contributed by atoms with Crippen LogP contribution in [-0.2, 0) is 29.2 Å². The molecule has 4 N–H and O–H groups in total. The lowest BCUT2D eigenvalue weighted by molar-refractivity contribution is -0.136. The number of carbonyl (C=O) groups excluding carboxylic acids is 2. The number of nitrogens with one attached hydrogen (secondary N) is 1. The van der Waals surface area contributed by atoms with E-state index in [-0.39, 0.29) is 36.5 Å². The van der Waals surface area contributed by atoms with Gasteiger partial charge in [0.2, 0.25) is 5.91 Å². The highest BCUT2D eigenvalue weighted by Gasteiger charge is 2.28. The van der Waals surface area contributed by atoms with Crippen molar-refractivity contribution in [2.75, 3.05) is 37.8 Å². The molecule has 0 fully saturated rings. The number of aliphatic hydroxyl groups is 1. The molecule has 0 aliphatic carbocycles. The third kappa shape index (κ3) is 8.35. The van der Waals surface area contributed by atoms with Gasteiger partial charge in [-0.3, -0.25) is 19.2 Å². The number of ether oxygens (including phenoxy) is 1. The van der Waals surface area contributed by atoms with Gasteiger partial charge >= 0.3 is 0 Å². The van der Waals surface area contributed by atoms with Crippen LogP contribution in [0, 0.1) is 5.92 Å². The molecule has 0 unspecified atom stereocenters. The number of benzene rings is 2. The van der Waals surface area contributed by atoms with Crippen molar-refractivity contribution in [3.63, 3.8) is 0 Å². The lowest BCUT2D eigenvalue weighted by atomic mass is 10.0. The van der Waals surface area contributed by atoms with Crippen molar-refractivity contribution in [1.29, 1.82) is 0 Å². The standard InChI is InChI=1S/C30H41N7O4/c1-21-15-37(22(2)19-38)29(39)9-6-14-36-17-25(33-34-36)20-41-28(21)18-35(3)16-23-10-12-24(13-11-23)30(40)32-27-8-5-4-7-26(27)31/h4-5,7-8,10-13,17,21-22,28,38H,6,9,14-16,18-20,31H2,1-3H3,(H,32,40)/t21-,22-,28-/m1/s1. The molecule has 11 heteroatoms. The first kappa shape index (κ1) is 30.2. The largest absolute Gasteiger partial charge is 0.397 e. The van der Waals surface area contributed by atoms with Gasteiger partial charge in [0.15, 0.2) is 0 Å². The molecule has 3 atom stereocenters. The van der Waals surface area contributed by atoms with E-state index in [0.29, 0.717) is 62.6 Å². The van der Waals surface area contributed by atoms with E-state index in [1.807, 2.05) is 44.4 Å². The second-order valence-electron chi connectivity index (χ2n) is 10.9. The van der Waals surface area contributed by atoms with Crippen molar-refractivity contribution in [3.05, 3.63) is 71.5 Å². The minimum Gasteiger partial charge on any atom is -0.397 e. The van der Waals surface area contributed by atoms with E-state index in [1.54, 1.807) is 33.8 Å². The predicted molar refractivity (Wildman–Crippen MR) is 157 cm³/mol. The van der Waals surface area contributed by atoms with Crippen LogP contribution in [0.1, 0.15) is 48.3 Å². The van der Waals surface area contributed by atoms with E-state index in [4.69, 9.17) is 10.5 Å². The van der Waals surface area contributed by atoms with Crippen molar-refractivity contribution < 1.29 is 19.4 Å². The summed E-state index contributed by atoms with van der Waals surface area (Å²) >= 11 is 0. The van der Waals surface area contributed by atoms with E-state index in [2.05, 4.69) is 27.5 Å². The monoisotopic (exact) mass is 563 g/mol. The zero-order valence-corrected chi connectivity index (χ0v) is 24.1. The van der Waals surface area contributed by atoms with Crippen LogP contribution in [0.3, 0.4) is 0 Å². The highest BCUT2D eigenvalue weighted by Crippen LogP contribution is 2.20. The topological polar surface area (TPSA) is 139 Å². The SMILES string of the molecule is C[C@@H]1CN([C@H](C)CO)C(=O)CCCn2cc(nn2)CO[C@@H]1CN(C)Cc1ccc(C(=O)Nc2ccccc2N)cc1. The number of para-hydroxylation sites is 2. The van der Waals surface area contributed by atoms with Gasteiger partial charge < -0.3 is 25.8 Å². The van der Waals surface area contributed by atoms with Crippen LogP contribution in [0.2, 0.25) is 0 Å². The number of aromatic nitrogens is 3. The fourth-order valence-electron chi connectivity index (χ4n) is 4.94. The molecule has 2 aromatic carbocycles. The third-order valence-corrected chi connectivity index (χ3v) is 7.41. The maximum absolute atomic E-state index is 13.1. The van der Waals surface area contributed by atoms with Gasteiger partial charge in [-0.15, -0.1) is 5.10 Å². The van der Waals surface area contributed by atoms with Crippen molar-refractivity contribution in [3.8, 4) is 0 Å². The molecule has 0 saturated heterocycles. The minimum atomic E-state index is -0.278. The van der Waals surface area contributed by atoms with Crippen molar-refractivity contribution >= 4 is 23.2 Å². The van der Waals surface area contributed by atoms with E-state index < -0.39 is 0 Å². The fraction of sp³-hybridized carbons (Fsp3) is 0.467. The number of aliphatic hydroxyl groups excluding tert-OH is 1. The molecule has 1 aromatic heterocycles. The molecule has 1 aliphatic heterocycles. The highest BCUT2D eigenvalue weighted by molar-refractivity contribution is 6.05. The summed E-state index contributed by atoms with van der Waals surface area (Å²) in [4.78, 5) is 29.7. The number of nitrogens with zero attached hydrogens (tertiary/aromatic N) is 5. The zero-order valence-electron chi connectivity index (χ0n) is 24.1. The summed E-state index contributed by atoms with van der Waals surface area (Å²) in [5.74, 6) is -0.200. The first-order valence-corrected chi connectivity index (χ1v) is 14.1. The Bertz CT molecular complexity index is 1300. The van der Waals surface area contributed by atoms with Gasteiger partial charge in [0, 0.05) is 44.1 Å². The second kappa shape index (κ2) is 14.2. The van der Waals surface area contributed by atoms with Crippen LogP contribution in [0.5, 0.6) is 0 Å². The Morgan fingerprint density at radius 1 is 1.24 bits per heavy atom. The molecule has 220 valence electrons. The van der Waals surface area contributed by atoms with Gasteiger partial charge in [-0.05, 0) is 50.2 Å². The van der Waals surface area contributed by atoms with Crippen molar-refractivity contribution in [1.82, 2.24) is 24.8 Å². The van der Waals surface area contributed by atoms with E-state index in [9.17, 15) is 14.7 Å². The number of hydrogen-bond donors (Lipinski definition) is 3. The molecular formula is C30H41N7O4. The molecule has 2 heterocycles. The van der Waals surface area contributed by atoms with Crippen LogP contribution in [0.4, 0.5) is 11.4 Å². The first-order chi connectivity index (χ1) is 19.7. The molecular weight excluding hydrogens is 522 g/mol. The summed E-state index contributed by atoms with van der Waals surface area (Å²) in [6, 6.07) is 14.4. The Balaban J connectivity index is 1.42. The number of rotatable bonds is 8. The highest BCUT2D eigenvalue weighted by atomic mass is 16.5. The lowest BCUT2D eigenvalue weighted by Crippen LogP contribution is -2.47. The van der Waals surface area contributed by atoms with Crippen LogP contribution in [0.25, 0.3) is 0 Å². The smallest absolute Gasteiger partial charge is 0.255 e. The maximum Gasteiger partial charge on any atom is 0.255 e. The molecule has 3 aromatic rings. The molecule has 41 heavy (non-hydrogen) atoms. The van der Waals surface area contributed by atoms with Gasteiger partial charge in [0.25, 0.3) is 5.91 Å². The molecule has 2 amide bonds. The van der Waals surface area contributed by atoms with Gasteiger partial charge in [0.05, 0.1) is 42.9 Å². The average molecular weight is 564 g/mol. The molecule has 11 nitrogen and oxygen atoms in total. The fourth-order valence-corrected chi connectivity index (χ4v) is 4.94. The molecule has 4 rings (SSSR count). The quantitative estimate of drug-likeness (QED) is 0.356. The number of amides is 2. The Hall–Kier alpha value is -3.80. The van der Waals surface area contributed by atoms with E-state index in [1.165, 1.54) is 0 Å². The number of hydrogen-bond acceptors (Lipinski definition) is 8. The van der Waals surface area contributed by atoms with E-state index >= 15 is 0 Å². The lowest BCUT2D eigenvalue weighted by Gasteiger charge is -2.35. The first-order valence-electron chi connectivity index (χ1n) is 14.1. The molecule has 0 spiro atoms. The summed E-state index contributed by atoms with van der Waals surface area (Å²) in [5.41, 5.74) is 9.39. The zero-order chi connectivity index (χ0) is 29.4. The molecule has 1 aliphatic rings. The normalized spacial score (nSPS) is 19.2. The van der Waals surface area contributed by atoms with Crippen LogP contribution < -0.4 is 11.1 Å². The number of nitrogens with two attached hydrogens (primary N) is 1. The molecule has 0 radical (unpaired) electrons. The number of likely N-dealkylation sites (N-methyl/N-ethyl adjacent to an activating group) is 1. The summed E-state index contributed by atoms with van der Waals surface area (Å²) in [6.07, 6.45) is 2.70. The Kier molecular flexibility index (Phi) is 10.4. The van der Waals surface area contributed by atoms with Crippen LogP contribution >= 0.6 is 0 Å². The summed E-state index contributed by atoms with van der Waals surface area (Å²) < 4.78 is 8.11. The molecule has 0 saturated carbocycles. The number of aryl methyl sites for hydroxylation is 1. The van der Waals surface area contributed by atoms with Crippen LogP contribution in [-0.4, -0.2) is 80.6 Å². The maximum atomic E-state index is 13.1. The second-order valence-corrected chi connectivity index (χ2v) is 10.9. The number of anilines is 2. The van der Waals surface area contributed by atoms with Crippen molar-refractivity contribution in [2.24, 2.45) is 5.92 Å². The van der Waals surface area contributed by atoms with Crippen molar-refractivity contribution in [2.45, 2.75) is 58.5 Å². The number of nitrogen functional groups attached to an aromatic ring is 1. The Morgan fingerprint density at radius 3 is 2.73 bits per heavy atom. The summed E-state index contributed by atoms with van der Waals surface area (Å²) in [5, 5.41) is 21.1. The third-order valence-electron chi connectivity index (χ3n) is 7.41. The van der Waals surface area contributed by atoms with Gasteiger partial charge in [-0.1, -0.05) is 36.4 Å². The Morgan fingerprint density at radius 2 is 2.00 bits per heavy atom. The summed E-state index contributed by atoms with van der Waals surface area (Å²) in [6.45, 7) is 6.51. The van der Waals surface area contributed by atoms with Gasteiger partial charge in [-0.25, -0.2) is 0 Å². The molecule has 2 bridgehead atoms. The summed E-state index contributed by atoms with van der Waals surface area (Å²) in [7, 11) is 2.02. The van der Waals surface area contributed by atoms with Crippen LogP contribution in [0.15, 0.2) is 54.7 Å². The Labute approximate surface area is 241 Å².